The predicted molar refractivity (Wildman–Crippen MR) is 68.1 cm³/mol. The lowest BCUT2D eigenvalue weighted by molar-refractivity contribution is -0.165. The van der Waals surface area contributed by atoms with Gasteiger partial charge in [0.05, 0.1) is 18.4 Å². The zero-order valence-electron chi connectivity index (χ0n) is 11.3. The summed E-state index contributed by atoms with van der Waals surface area (Å²) in [7, 11) is 0. The fourth-order valence-electron chi connectivity index (χ4n) is 3.88. The number of allylic oxidation sites excluding steroid dienone is 2. The Morgan fingerprint density at radius 3 is 2.32 bits per heavy atom. The molecule has 2 saturated carbocycles. The first-order chi connectivity index (χ1) is 9.00. The quantitative estimate of drug-likeness (QED) is 0.622. The molecular formula is C15H20O4. The topological polar surface area (TPSA) is 63.6 Å². The van der Waals surface area contributed by atoms with E-state index >= 15 is 0 Å². The molecule has 4 heteroatoms. The molecule has 4 rings (SSSR count). The van der Waals surface area contributed by atoms with E-state index in [1.54, 1.807) is 0 Å². The molecule has 0 radical (unpaired) electrons. The van der Waals surface area contributed by atoms with E-state index in [1.807, 2.05) is 19.9 Å². The molecule has 0 aromatic rings. The lowest BCUT2D eigenvalue weighted by Crippen LogP contribution is -2.47. The van der Waals surface area contributed by atoms with Gasteiger partial charge in [0.2, 0.25) is 0 Å². The van der Waals surface area contributed by atoms with Crippen LogP contribution in [-0.4, -0.2) is 23.7 Å². The highest BCUT2D eigenvalue weighted by atomic mass is 16.5. The summed E-state index contributed by atoms with van der Waals surface area (Å²) in [6.07, 6.45) is 5.14. The van der Waals surface area contributed by atoms with E-state index < -0.39 is 17.8 Å². The average molecular weight is 264 g/mol. The zero-order chi connectivity index (χ0) is 13.7. The van der Waals surface area contributed by atoms with Gasteiger partial charge in [0, 0.05) is 0 Å². The van der Waals surface area contributed by atoms with Crippen LogP contribution in [0.4, 0.5) is 0 Å². The summed E-state index contributed by atoms with van der Waals surface area (Å²) >= 11 is 0. The molecule has 2 fully saturated rings. The third kappa shape index (κ3) is 1.97. The molecule has 2 bridgehead atoms. The minimum absolute atomic E-state index is 0.0316. The zero-order valence-corrected chi connectivity index (χ0v) is 11.3. The van der Waals surface area contributed by atoms with Gasteiger partial charge in [-0.05, 0) is 36.0 Å². The molecule has 0 aromatic carbocycles. The van der Waals surface area contributed by atoms with Crippen LogP contribution in [-0.2, 0) is 14.3 Å². The van der Waals surface area contributed by atoms with Crippen molar-refractivity contribution in [2.45, 2.75) is 20.3 Å². The van der Waals surface area contributed by atoms with Gasteiger partial charge < -0.3 is 9.84 Å². The van der Waals surface area contributed by atoms with E-state index in [1.165, 1.54) is 0 Å². The van der Waals surface area contributed by atoms with Crippen molar-refractivity contribution in [2.24, 2.45) is 41.4 Å². The van der Waals surface area contributed by atoms with Crippen LogP contribution in [0.2, 0.25) is 0 Å². The molecule has 0 heterocycles. The third-order valence-corrected chi connectivity index (χ3v) is 4.77. The van der Waals surface area contributed by atoms with E-state index in [9.17, 15) is 14.7 Å². The fourth-order valence-corrected chi connectivity index (χ4v) is 3.88. The predicted octanol–water partition coefficient (Wildman–Crippen LogP) is 1.95. The van der Waals surface area contributed by atoms with Crippen molar-refractivity contribution in [3.63, 3.8) is 0 Å². The second kappa shape index (κ2) is 4.36. The molecule has 19 heavy (non-hydrogen) atoms. The van der Waals surface area contributed by atoms with E-state index in [-0.39, 0.29) is 23.7 Å². The second-order valence-corrected chi connectivity index (χ2v) is 6.52. The summed E-state index contributed by atoms with van der Waals surface area (Å²) in [5, 5.41) is 9.45. The van der Waals surface area contributed by atoms with Gasteiger partial charge in [-0.2, -0.15) is 0 Å². The van der Waals surface area contributed by atoms with Crippen molar-refractivity contribution in [1.82, 2.24) is 0 Å². The van der Waals surface area contributed by atoms with E-state index in [0.717, 1.165) is 6.42 Å². The molecule has 4 aliphatic rings. The van der Waals surface area contributed by atoms with Crippen LogP contribution in [0.25, 0.3) is 0 Å². The Morgan fingerprint density at radius 1 is 1.21 bits per heavy atom. The Bertz CT molecular complexity index is 439. The van der Waals surface area contributed by atoms with E-state index in [0.29, 0.717) is 18.4 Å². The van der Waals surface area contributed by atoms with Gasteiger partial charge >= 0.3 is 11.9 Å². The van der Waals surface area contributed by atoms with Crippen molar-refractivity contribution < 1.29 is 19.4 Å². The largest absolute Gasteiger partial charge is 0.481 e. The molecule has 0 aliphatic heterocycles. The van der Waals surface area contributed by atoms with Gasteiger partial charge in [-0.25, -0.2) is 0 Å². The Kier molecular flexibility index (Phi) is 2.91. The van der Waals surface area contributed by atoms with E-state index in [2.05, 4.69) is 6.08 Å². The first-order valence-corrected chi connectivity index (χ1v) is 7.08. The average Bonchev–Trinajstić information content (AvgIpc) is 3.16. The third-order valence-electron chi connectivity index (χ3n) is 4.77. The molecule has 0 spiro atoms. The number of carboxylic acids is 1. The summed E-state index contributed by atoms with van der Waals surface area (Å²) in [5.74, 6) is -0.833. The number of esters is 1. The van der Waals surface area contributed by atoms with Crippen LogP contribution in [0.3, 0.4) is 0 Å². The van der Waals surface area contributed by atoms with Crippen LogP contribution in [0.5, 0.6) is 0 Å². The lowest BCUT2D eigenvalue weighted by Gasteiger charge is -2.41. The van der Waals surface area contributed by atoms with E-state index in [4.69, 9.17) is 4.74 Å². The van der Waals surface area contributed by atoms with Crippen LogP contribution in [0.1, 0.15) is 20.3 Å². The maximum atomic E-state index is 12.3. The monoisotopic (exact) mass is 264 g/mol. The van der Waals surface area contributed by atoms with Gasteiger partial charge in [0.1, 0.15) is 0 Å². The normalized spacial score (nSPS) is 42.1. The number of rotatable bonds is 4. The van der Waals surface area contributed by atoms with Gasteiger partial charge in [0.25, 0.3) is 0 Å². The fraction of sp³-hybridized carbons (Fsp3) is 0.733. The molecule has 1 N–H and O–H groups in total. The van der Waals surface area contributed by atoms with Gasteiger partial charge in [-0.1, -0.05) is 26.0 Å². The standard InChI is InChI=1S/C15H20O4/c1-7(2)6-19-15(18)13-9-4-3-8(10-5-11(9)10)12(13)14(16)17/h3-4,7-13H,5-6H2,1-2H3,(H,16,17)/t8-,9-,10-,11-,12-,13+/m0/s1. The minimum Gasteiger partial charge on any atom is -0.481 e. The summed E-state index contributed by atoms with van der Waals surface area (Å²) in [6.45, 7) is 4.33. The Hall–Kier alpha value is -1.32. The molecule has 6 atom stereocenters. The van der Waals surface area contributed by atoms with Crippen molar-refractivity contribution in [1.29, 1.82) is 0 Å². The number of carbonyl (C=O) groups excluding carboxylic acids is 1. The number of aliphatic carboxylic acids is 1. The van der Waals surface area contributed by atoms with Crippen molar-refractivity contribution in [3.8, 4) is 0 Å². The first kappa shape index (κ1) is 12.7. The Balaban J connectivity index is 1.80. The molecule has 4 aliphatic carbocycles. The highest BCUT2D eigenvalue weighted by molar-refractivity contribution is 5.83. The Morgan fingerprint density at radius 2 is 1.79 bits per heavy atom. The van der Waals surface area contributed by atoms with Crippen molar-refractivity contribution in [3.05, 3.63) is 12.2 Å². The van der Waals surface area contributed by atoms with Crippen LogP contribution >= 0.6 is 0 Å². The molecule has 0 amide bonds. The molecule has 104 valence electrons. The van der Waals surface area contributed by atoms with Crippen LogP contribution < -0.4 is 0 Å². The molecule has 0 aromatic heterocycles. The van der Waals surface area contributed by atoms with Gasteiger partial charge in [0.15, 0.2) is 0 Å². The molecule has 0 saturated heterocycles. The summed E-state index contributed by atoms with van der Waals surface area (Å²) in [5.41, 5.74) is 0. The maximum Gasteiger partial charge on any atom is 0.310 e. The lowest BCUT2D eigenvalue weighted by atomic mass is 9.62. The number of ether oxygens (including phenoxy) is 1. The SMILES string of the molecule is CC(C)COC(=O)[C@@H]1[C@H]2C=C[C@@H]([C@@H]3C[C@@H]23)[C@@H]1C(=O)O. The second-order valence-electron chi connectivity index (χ2n) is 6.52. The number of carboxylic acid groups (broad SMARTS) is 1. The number of fused-ring (bicyclic) bond motifs is 1. The van der Waals surface area contributed by atoms with Gasteiger partial charge in [-0.3, -0.25) is 9.59 Å². The minimum atomic E-state index is -0.851. The van der Waals surface area contributed by atoms with Crippen molar-refractivity contribution >= 4 is 11.9 Å². The summed E-state index contributed by atoms with van der Waals surface area (Å²) in [4.78, 5) is 23.8. The highest BCUT2D eigenvalue weighted by Gasteiger charge is 2.63. The van der Waals surface area contributed by atoms with Crippen LogP contribution in [0.15, 0.2) is 12.2 Å². The maximum absolute atomic E-state index is 12.3. The number of hydrogen-bond donors (Lipinski definition) is 1. The number of carbonyl (C=O) groups is 2. The first-order valence-electron chi connectivity index (χ1n) is 7.08. The highest BCUT2D eigenvalue weighted by Crippen LogP contribution is 2.63. The smallest absolute Gasteiger partial charge is 0.310 e. The Labute approximate surface area is 112 Å². The van der Waals surface area contributed by atoms with Crippen molar-refractivity contribution in [2.75, 3.05) is 6.61 Å². The molecular weight excluding hydrogens is 244 g/mol. The summed E-state index contributed by atoms with van der Waals surface area (Å²) < 4.78 is 5.31. The number of hydrogen-bond acceptors (Lipinski definition) is 3. The molecule has 0 unspecified atom stereocenters. The molecule has 4 nitrogen and oxygen atoms in total. The van der Waals surface area contributed by atoms with Gasteiger partial charge in [-0.15, -0.1) is 0 Å². The van der Waals surface area contributed by atoms with Crippen LogP contribution in [0, 0.1) is 41.4 Å². The summed E-state index contributed by atoms with van der Waals surface area (Å²) in [6, 6.07) is 0.